The molecule has 7 heteroatoms. The lowest BCUT2D eigenvalue weighted by atomic mass is 10.1. The lowest BCUT2D eigenvalue weighted by Gasteiger charge is -2.21. The van der Waals surface area contributed by atoms with Crippen molar-refractivity contribution in [2.75, 3.05) is 7.11 Å². The van der Waals surface area contributed by atoms with E-state index in [0.717, 1.165) is 35.8 Å². The van der Waals surface area contributed by atoms with Crippen LogP contribution in [0.1, 0.15) is 18.1 Å². The summed E-state index contributed by atoms with van der Waals surface area (Å²) in [5.74, 6) is 2.17. The summed E-state index contributed by atoms with van der Waals surface area (Å²) in [5.41, 5.74) is 8.99. The molecule has 1 heterocycles. The van der Waals surface area contributed by atoms with E-state index in [1.165, 1.54) is 5.56 Å². The number of halogens is 2. The van der Waals surface area contributed by atoms with E-state index in [9.17, 15) is 0 Å². The Morgan fingerprint density at radius 3 is 2.40 bits per heavy atom. The molecule has 0 amide bonds. The van der Waals surface area contributed by atoms with Crippen LogP contribution in [0.5, 0.6) is 11.5 Å². The number of nitrogens with one attached hydrogen (secondary N) is 1. The molecule has 0 radical (unpaired) electrons. The molecular weight excluding hydrogens is 361 g/mol. The minimum absolute atomic E-state index is 0. The van der Waals surface area contributed by atoms with Crippen LogP contribution in [0.15, 0.2) is 47.5 Å². The molecule has 0 aromatic heterocycles. The van der Waals surface area contributed by atoms with Crippen molar-refractivity contribution in [3.8, 4) is 11.5 Å². The molecule has 0 aliphatic carbocycles. The van der Waals surface area contributed by atoms with Gasteiger partial charge in [-0.15, -0.1) is 24.8 Å². The molecule has 2 aromatic carbocycles. The summed E-state index contributed by atoms with van der Waals surface area (Å²) < 4.78 is 10.9. The third-order valence-corrected chi connectivity index (χ3v) is 3.81. The molecular formula is C18H23Cl2N3O2. The number of rotatable bonds is 5. The predicted octanol–water partition coefficient (Wildman–Crippen LogP) is 3.60. The summed E-state index contributed by atoms with van der Waals surface area (Å²) in [6.45, 7) is 3.44. The van der Waals surface area contributed by atoms with Gasteiger partial charge in [-0.25, -0.2) is 4.99 Å². The van der Waals surface area contributed by atoms with Gasteiger partial charge in [-0.1, -0.05) is 18.2 Å². The molecule has 1 unspecified atom stereocenters. The van der Waals surface area contributed by atoms with Crippen LogP contribution in [-0.4, -0.2) is 19.0 Å². The molecule has 5 nitrogen and oxygen atoms in total. The summed E-state index contributed by atoms with van der Waals surface area (Å²) >= 11 is 0. The standard InChI is InChI=1S/C18H21N3O2.2ClH/c1-12-18(19)21-16-9-14(5-8-17(16)23-12)11-20-10-13-3-6-15(22-2)7-4-13;;/h3-9,12,20H,10-11H2,1-2H3,(H2,19,21);2*1H. The highest BCUT2D eigenvalue weighted by Gasteiger charge is 2.18. The van der Waals surface area contributed by atoms with Crippen LogP contribution >= 0.6 is 24.8 Å². The minimum Gasteiger partial charge on any atom is -0.497 e. The SMILES string of the molecule is COc1ccc(CNCc2ccc3c(c2)N=C(N)C(C)O3)cc1.Cl.Cl. The number of nitrogens with zero attached hydrogens (tertiary/aromatic N) is 1. The second-order valence-corrected chi connectivity index (χ2v) is 5.55. The molecule has 2 aromatic rings. The van der Waals surface area contributed by atoms with Crippen molar-refractivity contribution in [1.29, 1.82) is 0 Å². The van der Waals surface area contributed by atoms with Crippen molar-refractivity contribution in [3.63, 3.8) is 0 Å². The van der Waals surface area contributed by atoms with Crippen molar-refractivity contribution in [2.24, 2.45) is 10.7 Å². The zero-order valence-corrected chi connectivity index (χ0v) is 15.8. The first-order valence-electron chi connectivity index (χ1n) is 7.63. The van der Waals surface area contributed by atoms with E-state index in [1.54, 1.807) is 7.11 Å². The summed E-state index contributed by atoms with van der Waals surface area (Å²) in [6, 6.07) is 14.0. The van der Waals surface area contributed by atoms with E-state index >= 15 is 0 Å². The normalized spacial score (nSPS) is 15.0. The van der Waals surface area contributed by atoms with Gasteiger partial charge >= 0.3 is 0 Å². The fraction of sp³-hybridized carbons (Fsp3) is 0.278. The number of hydrogen-bond acceptors (Lipinski definition) is 5. The number of amidine groups is 1. The summed E-state index contributed by atoms with van der Waals surface area (Å²) in [4.78, 5) is 4.40. The Morgan fingerprint density at radius 1 is 1.08 bits per heavy atom. The Balaban J connectivity index is 0.00000156. The van der Waals surface area contributed by atoms with E-state index < -0.39 is 0 Å². The largest absolute Gasteiger partial charge is 0.497 e. The minimum atomic E-state index is -0.165. The molecule has 0 bridgehead atoms. The van der Waals surface area contributed by atoms with Crippen molar-refractivity contribution in [2.45, 2.75) is 26.1 Å². The number of aliphatic imine (C=N–C) groups is 1. The third kappa shape index (κ3) is 5.26. The van der Waals surface area contributed by atoms with E-state index in [4.69, 9.17) is 15.2 Å². The van der Waals surface area contributed by atoms with Crippen LogP contribution in [0.4, 0.5) is 5.69 Å². The first kappa shape index (κ1) is 21.1. The molecule has 1 aliphatic heterocycles. The van der Waals surface area contributed by atoms with Gasteiger partial charge in [0.15, 0.2) is 6.10 Å². The Hall–Kier alpha value is -1.95. The average Bonchev–Trinajstić information content (AvgIpc) is 2.57. The maximum Gasteiger partial charge on any atom is 0.153 e. The van der Waals surface area contributed by atoms with Crippen LogP contribution in [-0.2, 0) is 13.1 Å². The number of nitrogens with two attached hydrogens (primary N) is 1. The Labute approximate surface area is 160 Å². The first-order chi connectivity index (χ1) is 11.2. The Morgan fingerprint density at radius 2 is 1.72 bits per heavy atom. The molecule has 3 rings (SSSR count). The molecule has 0 spiro atoms. The summed E-state index contributed by atoms with van der Waals surface area (Å²) in [5, 5.41) is 3.42. The first-order valence-corrected chi connectivity index (χ1v) is 7.63. The van der Waals surface area contributed by atoms with Crippen LogP contribution in [0.2, 0.25) is 0 Å². The number of ether oxygens (including phenoxy) is 2. The van der Waals surface area contributed by atoms with Gasteiger partial charge in [0.1, 0.15) is 23.0 Å². The highest BCUT2D eigenvalue weighted by molar-refractivity contribution is 5.89. The van der Waals surface area contributed by atoms with Crippen LogP contribution < -0.4 is 20.5 Å². The van der Waals surface area contributed by atoms with Crippen molar-refractivity contribution in [1.82, 2.24) is 5.32 Å². The lowest BCUT2D eigenvalue weighted by molar-refractivity contribution is 0.281. The van der Waals surface area contributed by atoms with Crippen LogP contribution in [0.3, 0.4) is 0 Å². The van der Waals surface area contributed by atoms with Gasteiger partial charge < -0.3 is 20.5 Å². The zero-order chi connectivity index (χ0) is 16.2. The fourth-order valence-corrected chi connectivity index (χ4v) is 2.44. The van der Waals surface area contributed by atoms with E-state index in [0.29, 0.717) is 5.84 Å². The third-order valence-electron chi connectivity index (χ3n) is 3.81. The monoisotopic (exact) mass is 383 g/mol. The van der Waals surface area contributed by atoms with E-state index in [2.05, 4.69) is 22.4 Å². The summed E-state index contributed by atoms with van der Waals surface area (Å²) in [7, 11) is 1.67. The van der Waals surface area contributed by atoms with Gasteiger partial charge in [0.2, 0.25) is 0 Å². The Kier molecular flexibility index (Phi) is 8.03. The zero-order valence-electron chi connectivity index (χ0n) is 14.2. The van der Waals surface area contributed by atoms with Crippen molar-refractivity contribution in [3.05, 3.63) is 53.6 Å². The predicted molar refractivity (Wildman–Crippen MR) is 106 cm³/mol. The van der Waals surface area contributed by atoms with Gasteiger partial charge in [-0.3, -0.25) is 0 Å². The van der Waals surface area contributed by atoms with Gasteiger partial charge in [-0.2, -0.15) is 0 Å². The van der Waals surface area contributed by atoms with Crippen LogP contribution in [0, 0.1) is 0 Å². The quantitative estimate of drug-likeness (QED) is 0.827. The smallest absolute Gasteiger partial charge is 0.153 e. The fourth-order valence-electron chi connectivity index (χ4n) is 2.44. The second-order valence-electron chi connectivity index (χ2n) is 5.55. The number of fused-ring (bicyclic) bond motifs is 1. The van der Waals surface area contributed by atoms with Gasteiger partial charge in [0, 0.05) is 13.1 Å². The average molecular weight is 384 g/mol. The maximum absolute atomic E-state index is 5.84. The topological polar surface area (TPSA) is 68.9 Å². The molecule has 0 saturated heterocycles. The van der Waals surface area contributed by atoms with Crippen molar-refractivity contribution >= 4 is 36.3 Å². The van der Waals surface area contributed by atoms with Gasteiger partial charge in [0.05, 0.1) is 7.11 Å². The lowest BCUT2D eigenvalue weighted by Crippen LogP contribution is -2.33. The van der Waals surface area contributed by atoms with Crippen molar-refractivity contribution < 1.29 is 9.47 Å². The molecule has 1 atom stereocenters. The molecule has 0 saturated carbocycles. The molecule has 1 aliphatic rings. The second kappa shape index (κ2) is 9.51. The molecule has 3 N–H and O–H groups in total. The summed E-state index contributed by atoms with van der Waals surface area (Å²) in [6.07, 6.45) is -0.165. The van der Waals surface area contributed by atoms with Crippen LogP contribution in [0.25, 0.3) is 0 Å². The molecule has 25 heavy (non-hydrogen) atoms. The maximum atomic E-state index is 5.84. The highest BCUT2D eigenvalue weighted by Crippen LogP contribution is 2.32. The number of benzene rings is 2. The van der Waals surface area contributed by atoms with Gasteiger partial charge in [0.25, 0.3) is 0 Å². The number of hydrogen-bond donors (Lipinski definition) is 2. The molecule has 0 fully saturated rings. The molecule has 136 valence electrons. The van der Waals surface area contributed by atoms with E-state index in [-0.39, 0.29) is 30.9 Å². The van der Waals surface area contributed by atoms with Gasteiger partial charge in [-0.05, 0) is 42.3 Å². The van der Waals surface area contributed by atoms with E-state index in [1.807, 2.05) is 37.3 Å². The Bertz CT molecular complexity index is 721. The highest BCUT2D eigenvalue weighted by atomic mass is 35.5. The number of methoxy groups -OCH3 is 1.